The highest BCUT2D eigenvalue weighted by atomic mass is 79.9. The number of rotatable bonds is 3. The van der Waals surface area contributed by atoms with Gasteiger partial charge in [-0.05, 0) is 51.9 Å². The molecule has 2 aromatic heterocycles. The van der Waals surface area contributed by atoms with E-state index in [1.165, 1.54) is 5.39 Å². The molecule has 0 fully saturated rings. The standard InChI is InChI=1S/C35H20BrN3O/c36-30-19-18-28(24-10-3-4-11-25(24)30)34-37-33(23-17-16-21-8-1-2-9-22(21)20-23)38-35(39-34)29-14-7-13-27-26-12-5-6-15-31(26)40-32(27)29/h1-20H. The molecule has 4 nitrogen and oxygen atoms in total. The van der Waals surface area contributed by atoms with E-state index in [1.54, 1.807) is 0 Å². The maximum Gasteiger partial charge on any atom is 0.167 e. The fourth-order valence-corrected chi connectivity index (χ4v) is 5.93. The van der Waals surface area contributed by atoms with E-state index in [1.807, 2.05) is 54.6 Å². The lowest BCUT2D eigenvalue weighted by molar-refractivity contribution is 0.669. The molecular formula is C35H20BrN3O. The minimum Gasteiger partial charge on any atom is -0.455 e. The van der Waals surface area contributed by atoms with E-state index in [-0.39, 0.29) is 0 Å². The van der Waals surface area contributed by atoms with Crippen molar-refractivity contribution in [3.05, 3.63) is 126 Å². The summed E-state index contributed by atoms with van der Waals surface area (Å²) in [5, 5.41) is 6.59. The van der Waals surface area contributed by atoms with E-state index >= 15 is 0 Å². The van der Waals surface area contributed by atoms with Crippen LogP contribution >= 0.6 is 15.9 Å². The van der Waals surface area contributed by atoms with Crippen LogP contribution in [0.3, 0.4) is 0 Å². The zero-order chi connectivity index (χ0) is 26.6. The lowest BCUT2D eigenvalue weighted by Gasteiger charge is -2.11. The first kappa shape index (κ1) is 23.1. The van der Waals surface area contributed by atoms with E-state index < -0.39 is 0 Å². The monoisotopic (exact) mass is 577 g/mol. The second kappa shape index (κ2) is 9.11. The maximum absolute atomic E-state index is 6.37. The Morgan fingerprint density at radius 3 is 2.02 bits per heavy atom. The summed E-state index contributed by atoms with van der Waals surface area (Å²) < 4.78 is 7.40. The zero-order valence-corrected chi connectivity index (χ0v) is 22.8. The lowest BCUT2D eigenvalue weighted by atomic mass is 10.0. The molecule has 8 aromatic rings. The Morgan fingerprint density at radius 1 is 0.475 bits per heavy atom. The molecule has 0 N–H and O–H groups in total. The van der Waals surface area contributed by atoms with Gasteiger partial charge in [0, 0.05) is 26.4 Å². The molecule has 40 heavy (non-hydrogen) atoms. The van der Waals surface area contributed by atoms with Crippen LogP contribution in [0.5, 0.6) is 0 Å². The van der Waals surface area contributed by atoms with Gasteiger partial charge in [-0.3, -0.25) is 0 Å². The quantitative estimate of drug-likeness (QED) is 0.209. The summed E-state index contributed by atoms with van der Waals surface area (Å²) >= 11 is 3.71. The Balaban J connectivity index is 1.42. The molecule has 6 aromatic carbocycles. The largest absolute Gasteiger partial charge is 0.455 e. The molecule has 0 atom stereocenters. The molecule has 8 rings (SSSR count). The van der Waals surface area contributed by atoms with Crippen LogP contribution in [-0.4, -0.2) is 15.0 Å². The third-order valence-corrected chi connectivity index (χ3v) is 8.09. The van der Waals surface area contributed by atoms with Crippen molar-refractivity contribution in [2.24, 2.45) is 0 Å². The van der Waals surface area contributed by atoms with Crippen LogP contribution in [0.15, 0.2) is 130 Å². The van der Waals surface area contributed by atoms with Crippen molar-refractivity contribution in [1.82, 2.24) is 15.0 Å². The van der Waals surface area contributed by atoms with Gasteiger partial charge in [-0.25, -0.2) is 15.0 Å². The van der Waals surface area contributed by atoms with Crippen LogP contribution in [0.2, 0.25) is 0 Å². The third kappa shape index (κ3) is 3.70. The second-order valence-electron chi connectivity index (χ2n) is 9.79. The van der Waals surface area contributed by atoms with Crippen molar-refractivity contribution in [1.29, 1.82) is 0 Å². The van der Waals surface area contributed by atoms with Crippen molar-refractivity contribution in [3.63, 3.8) is 0 Å². The molecule has 0 saturated carbocycles. The van der Waals surface area contributed by atoms with E-state index in [0.717, 1.165) is 59.3 Å². The summed E-state index contributed by atoms with van der Waals surface area (Å²) in [7, 11) is 0. The Morgan fingerprint density at radius 2 is 1.15 bits per heavy atom. The molecule has 0 aliphatic heterocycles. The molecule has 0 spiro atoms. The van der Waals surface area contributed by atoms with Gasteiger partial charge in [0.05, 0.1) is 5.56 Å². The fourth-order valence-electron chi connectivity index (χ4n) is 5.45. The van der Waals surface area contributed by atoms with Crippen molar-refractivity contribution in [3.8, 4) is 34.2 Å². The van der Waals surface area contributed by atoms with Crippen LogP contribution in [0.25, 0.3) is 77.6 Å². The lowest BCUT2D eigenvalue weighted by Crippen LogP contribution is -2.01. The molecule has 0 aliphatic rings. The highest BCUT2D eigenvalue weighted by molar-refractivity contribution is 9.10. The number of hydrogen-bond acceptors (Lipinski definition) is 4. The van der Waals surface area contributed by atoms with Crippen LogP contribution in [0.4, 0.5) is 0 Å². The first-order chi connectivity index (χ1) is 19.7. The fraction of sp³-hybridized carbons (Fsp3) is 0. The first-order valence-electron chi connectivity index (χ1n) is 13.1. The Bertz CT molecular complexity index is 2250. The minimum absolute atomic E-state index is 0.574. The molecule has 0 aliphatic carbocycles. The normalized spacial score (nSPS) is 11.6. The predicted octanol–water partition coefficient (Wildman–Crippen LogP) is 9.84. The van der Waals surface area contributed by atoms with Crippen LogP contribution in [0.1, 0.15) is 0 Å². The van der Waals surface area contributed by atoms with E-state index in [0.29, 0.717) is 17.5 Å². The van der Waals surface area contributed by atoms with Crippen molar-refractivity contribution < 1.29 is 4.42 Å². The zero-order valence-electron chi connectivity index (χ0n) is 21.2. The number of aromatic nitrogens is 3. The number of nitrogens with zero attached hydrogens (tertiary/aromatic N) is 3. The van der Waals surface area contributed by atoms with Crippen LogP contribution < -0.4 is 0 Å². The number of benzene rings is 6. The van der Waals surface area contributed by atoms with E-state index in [4.69, 9.17) is 19.4 Å². The first-order valence-corrected chi connectivity index (χ1v) is 13.9. The highest BCUT2D eigenvalue weighted by Crippen LogP contribution is 2.37. The predicted molar refractivity (Wildman–Crippen MR) is 166 cm³/mol. The number of hydrogen-bond donors (Lipinski definition) is 0. The topological polar surface area (TPSA) is 51.8 Å². The molecular weight excluding hydrogens is 558 g/mol. The van der Waals surface area contributed by atoms with Gasteiger partial charge >= 0.3 is 0 Å². The van der Waals surface area contributed by atoms with Gasteiger partial charge in [0.25, 0.3) is 0 Å². The van der Waals surface area contributed by atoms with Gasteiger partial charge in [-0.15, -0.1) is 0 Å². The minimum atomic E-state index is 0.574. The molecule has 0 saturated heterocycles. The molecule has 0 amide bonds. The summed E-state index contributed by atoms with van der Waals surface area (Å²) in [6.07, 6.45) is 0. The van der Waals surface area contributed by atoms with Crippen molar-refractivity contribution in [2.45, 2.75) is 0 Å². The Kier molecular flexibility index (Phi) is 5.25. The average Bonchev–Trinajstić information content (AvgIpc) is 3.40. The Labute approximate surface area is 238 Å². The number of para-hydroxylation sites is 2. The average molecular weight is 578 g/mol. The van der Waals surface area contributed by atoms with Gasteiger partial charge in [-0.2, -0.15) is 0 Å². The second-order valence-corrected chi connectivity index (χ2v) is 10.6. The molecule has 188 valence electrons. The van der Waals surface area contributed by atoms with Gasteiger partial charge in [-0.1, -0.05) is 107 Å². The number of furan rings is 1. The molecule has 0 unspecified atom stereocenters. The highest BCUT2D eigenvalue weighted by Gasteiger charge is 2.19. The number of fused-ring (bicyclic) bond motifs is 5. The van der Waals surface area contributed by atoms with Gasteiger partial charge in [0.15, 0.2) is 17.5 Å². The molecule has 0 radical (unpaired) electrons. The molecule has 0 bridgehead atoms. The van der Waals surface area contributed by atoms with Crippen molar-refractivity contribution >= 4 is 59.4 Å². The van der Waals surface area contributed by atoms with Gasteiger partial charge < -0.3 is 4.42 Å². The maximum atomic E-state index is 6.37. The summed E-state index contributed by atoms with van der Waals surface area (Å²) in [4.78, 5) is 15.1. The van der Waals surface area contributed by atoms with E-state index in [9.17, 15) is 0 Å². The van der Waals surface area contributed by atoms with Crippen molar-refractivity contribution in [2.75, 3.05) is 0 Å². The van der Waals surface area contributed by atoms with Crippen LogP contribution in [-0.2, 0) is 0 Å². The molecule has 2 heterocycles. The van der Waals surface area contributed by atoms with Gasteiger partial charge in [0.2, 0.25) is 0 Å². The SMILES string of the molecule is Brc1ccc(-c2nc(-c3ccc4ccccc4c3)nc(-c3cccc4c3oc3ccccc34)n2)c2ccccc12. The van der Waals surface area contributed by atoms with Gasteiger partial charge in [0.1, 0.15) is 11.2 Å². The summed E-state index contributed by atoms with van der Waals surface area (Å²) in [5.41, 5.74) is 4.32. The summed E-state index contributed by atoms with van der Waals surface area (Å²) in [6, 6.07) is 41.3. The summed E-state index contributed by atoms with van der Waals surface area (Å²) in [5.74, 6) is 1.81. The van der Waals surface area contributed by atoms with Crippen LogP contribution in [0, 0.1) is 0 Å². The van der Waals surface area contributed by atoms with E-state index in [2.05, 4.69) is 82.7 Å². The third-order valence-electron chi connectivity index (χ3n) is 7.40. The Hall–Kier alpha value is -4.87. The smallest absolute Gasteiger partial charge is 0.167 e. The number of halogens is 1. The molecule has 5 heteroatoms. The summed E-state index contributed by atoms with van der Waals surface area (Å²) in [6.45, 7) is 0.